The van der Waals surface area contributed by atoms with Crippen LogP contribution in [0.25, 0.3) is 11.2 Å². The summed E-state index contributed by atoms with van der Waals surface area (Å²) in [6.45, 7) is 2.70. The lowest BCUT2D eigenvalue weighted by Crippen LogP contribution is -2.37. The van der Waals surface area contributed by atoms with Gasteiger partial charge in [0.25, 0.3) is 5.56 Å². The maximum Gasteiger partial charge on any atom is 0.332 e. The van der Waals surface area contributed by atoms with Crippen LogP contribution in [0.2, 0.25) is 0 Å². The van der Waals surface area contributed by atoms with Crippen LogP contribution in [0.15, 0.2) is 33.9 Å². The van der Waals surface area contributed by atoms with Crippen LogP contribution in [0, 0.1) is 0 Å². The molecule has 0 aliphatic carbocycles. The third kappa shape index (κ3) is 2.62. The van der Waals surface area contributed by atoms with Gasteiger partial charge in [0, 0.05) is 38.9 Å². The molecule has 1 aliphatic rings. The van der Waals surface area contributed by atoms with Gasteiger partial charge < -0.3 is 14.2 Å². The molecule has 0 bridgehead atoms. The number of hydrogen-bond donors (Lipinski definition) is 0. The molecule has 0 atom stereocenters. The molecule has 3 aromatic rings. The Bertz CT molecular complexity index is 1190. The first-order chi connectivity index (χ1) is 12.9. The number of ether oxygens (including phenoxy) is 1. The molecular weight excluding hydrogens is 350 g/mol. The summed E-state index contributed by atoms with van der Waals surface area (Å²) in [7, 11) is 3.07. The number of rotatable bonds is 4. The lowest BCUT2D eigenvalue weighted by atomic mass is 10.3. The molecule has 2 aromatic heterocycles. The van der Waals surface area contributed by atoms with Gasteiger partial charge in [-0.2, -0.15) is 4.98 Å². The lowest BCUT2D eigenvalue weighted by molar-refractivity contribution is -0.118. The normalized spacial score (nSPS) is 13.2. The van der Waals surface area contributed by atoms with Crippen molar-refractivity contribution in [2.45, 2.75) is 13.5 Å². The minimum atomic E-state index is -0.407. The van der Waals surface area contributed by atoms with Crippen molar-refractivity contribution in [3.05, 3.63) is 45.1 Å². The average Bonchev–Trinajstić information content (AvgIpc) is 3.22. The topological polar surface area (TPSA) is 91.4 Å². The van der Waals surface area contributed by atoms with Crippen molar-refractivity contribution in [3.63, 3.8) is 0 Å². The Labute approximate surface area is 154 Å². The third-order valence-corrected chi connectivity index (χ3v) is 4.69. The Morgan fingerprint density at radius 2 is 1.96 bits per heavy atom. The molecule has 0 N–H and O–H groups in total. The van der Waals surface area contributed by atoms with E-state index < -0.39 is 5.69 Å². The molecule has 4 rings (SSSR count). The van der Waals surface area contributed by atoms with Gasteiger partial charge in [0.2, 0.25) is 5.95 Å². The van der Waals surface area contributed by atoms with Crippen LogP contribution >= 0.6 is 0 Å². The number of Topliss-reactive ketones (excluding diaryl/α,β-unsaturated/α-hetero) is 1. The SMILES string of the molecule is CC(=O)COc1cccc(N2CCn3c2nc2c3c(=O)n(C)c(=O)n2C)c1. The van der Waals surface area contributed by atoms with Gasteiger partial charge in [0.05, 0.1) is 0 Å². The highest BCUT2D eigenvalue weighted by molar-refractivity contribution is 5.78. The largest absolute Gasteiger partial charge is 0.486 e. The predicted molar refractivity (Wildman–Crippen MR) is 99.8 cm³/mol. The van der Waals surface area contributed by atoms with Gasteiger partial charge in [-0.15, -0.1) is 0 Å². The first-order valence-corrected chi connectivity index (χ1v) is 8.54. The number of carbonyl (C=O) groups excluding carboxylic acids is 1. The first kappa shape index (κ1) is 17.1. The maximum absolute atomic E-state index is 12.6. The van der Waals surface area contributed by atoms with Crippen LogP contribution in [0.3, 0.4) is 0 Å². The number of imidazole rings is 1. The molecule has 140 valence electrons. The van der Waals surface area contributed by atoms with Crippen molar-refractivity contribution in [3.8, 4) is 5.75 Å². The fraction of sp³-hybridized carbons (Fsp3) is 0.333. The second-order valence-corrected chi connectivity index (χ2v) is 6.58. The minimum absolute atomic E-state index is 0.0140. The lowest BCUT2D eigenvalue weighted by Gasteiger charge is -2.17. The highest BCUT2D eigenvalue weighted by Crippen LogP contribution is 2.33. The molecule has 27 heavy (non-hydrogen) atoms. The van der Waals surface area contributed by atoms with E-state index in [2.05, 4.69) is 4.98 Å². The zero-order valence-corrected chi connectivity index (χ0v) is 15.3. The molecule has 9 heteroatoms. The van der Waals surface area contributed by atoms with E-state index in [1.165, 1.54) is 18.5 Å². The molecule has 0 spiro atoms. The average molecular weight is 369 g/mol. The first-order valence-electron chi connectivity index (χ1n) is 8.54. The summed E-state index contributed by atoms with van der Waals surface area (Å²) < 4.78 is 9.79. The molecule has 0 radical (unpaired) electrons. The van der Waals surface area contributed by atoms with Crippen molar-refractivity contribution in [2.75, 3.05) is 18.1 Å². The van der Waals surface area contributed by atoms with E-state index in [1.54, 1.807) is 13.1 Å². The van der Waals surface area contributed by atoms with Crippen molar-refractivity contribution in [1.82, 2.24) is 18.7 Å². The smallest absolute Gasteiger partial charge is 0.332 e. The van der Waals surface area contributed by atoms with E-state index in [4.69, 9.17) is 4.74 Å². The zero-order chi connectivity index (χ0) is 19.3. The molecule has 3 heterocycles. The van der Waals surface area contributed by atoms with E-state index in [1.807, 2.05) is 27.7 Å². The Balaban J connectivity index is 1.81. The van der Waals surface area contributed by atoms with Gasteiger partial charge in [-0.1, -0.05) is 6.07 Å². The number of ketones is 1. The van der Waals surface area contributed by atoms with Crippen molar-refractivity contribution < 1.29 is 9.53 Å². The Morgan fingerprint density at radius 3 is 2.70 bits per heavy atom. The number of fused-ring (bicyclic) bond motifs is 3. The fourth-order valence-electron chi connectivity index (χ4n) is 3.32. The second-order valence-electron chi connectivity index (χ2n) is 6.58. The number of hydrogen-bond acceptors (Lipinski definition) is 6. The summed E-state index contributed by atoms with van der Waals surface area (Å²) in [4.78, 5) is 42.4. The summed E-state index contributed by atoms with van der Waals surface area (Å²) in [6, 6.07) is 7.36. The molecule has 0 amide bonds. The summed E-state index contributed by atoms with van der Waals surface area (Å²) in [5.74, 6) is 1.13. The number of carbonyl (C=O) groups is 1. The standard InChI is InChI=1S/C18H19N5O4/c1-11(24)10-27-13-6-4-5-12(9-13)22-7-8-23-14-15(19-17(22)23)20(2)18(26)21(3)16(14)25/h4-6,9H,7-8,10H2,1-3H3. The number of nitrogens with zero attached hydrogens (tertiary/aromatic N) is 5. The quantitative estimate of drug-likeness (QED) is 0.667. The zero-order valence-electron chi connectivity index (χ0n) is 15.3. The number of benzene rings is 1. The Kier molecular flexibility index (Phi) is 3.87. The van der Waals surface area contributed by atoms with Gasteiger partial charge in [-0.3, -0.25) is 18.7 Å². The van der Waals surface area contributed by atoms with Crippen LogP contribution in [-0.4, -0.2) is 37.6 Å². The molecule has 9 nitrogen and oxygen atoms in total. The Morgan fingerprint density at radius 1 is 1.19 bits per heavy atom. The van der Waals surface area contributed by atoms with E-state index in [0.717, 1.165) is 10.3 Å². The van der Waals surface area contributed by atoms with Gasteiger partial charge in [0.1, 0.15) is 12.4 Å². The van der Waals surface area contributed by atoms with E-state index in [9.17, 15) is 14.4 Å². The number of aryl methyl sites for hydroxylation is 1. The minimum Gasteiger partial charge on any atom is -0.486 e. The summed E-state index contributed by atoms with van der Waals surface area (Å²) in [6.07, 6.45) is 0. The Hall–Kier alpha value is -3.36. The van der Waals surface area contributed by atoms with E-state index in [0.29, 0.717) is 36.0 Å². The predicted octanol–water partition coefficient (Wildman–Crippen LogP) is 0.553. The van der Waals surface area contributed by atoms with Gasteiger partial charge in [0.15, 0.2) is 16.9 Å². The highest BCUT2D eigenvalue weighted by Gasteiger charge is 2.28. The maximum atomic E-state index is 12.6. The summed E-state index contributed by atoms with van der Waals surface area (Å²) in [5, 5.41) is 0. The van der Waals surface area contributed by atoms with Crippen LogP contribution in [-0.2, 0) is 25.4 Å². The second kappa shape index (κ2) is 6.11. The van der Waals surface area contributed by atoms with Crippen LogP contribution < -0.4 is 20.9 Å². The van der Waals surface area contributed by atoms with E-state index >= 15 is 0 Å². The van der Waals surface area contributed by atoms with Crippen molar-refractivity contribution in [1.29, 1.82) is 0 Å². The molecule has 0 saturated heterocycles. The summed E-state index contributed by atoms with van der Waals surface area (Å²) >= 11 is 0. The monoisotopic (exact) mass is 369 g/mol. The molecule has 1 aliphatic heterocycles. The van der Waals surface area contributed by atoms with Crippen LogP contribution in [0.1, 0.15) is 6.92 Å². The molecule has 0 fully saturated rings. The molecule has 1 aromatic carbocycles. The van der Waals surface area contributed by atoms with Crippen molar-refractivity contribution >= 4 is 28.6 Å². The van der Waals surface area contributed by atoms with Crippen molar-refractivity contribution in [2.24, 2.45) is 14.1 Å². The molecule has 0 unspecified atom stereocenters. The van der Waals surface area contributed by atoms with Gasteiger partial charge in [-0.25, -0.2) is 4.79 Å². The molecule has 0 saturated carbocycles. The number of anilines is 2. The van der Waals surface area contributed by atoms with Crippen LogP contribution in [0.5, 0.6) is 5.75 Å². The van der Waals surface area contributed by atoms with Gasteiger partial charge >= 0.3 is 5.69 Å². The fourth-order valence-corrected chi connectivity index (χ4v) is 3.32. The van der Waals surface area contributed by atoms with Gasteiger partial charge in [-0.05, 0) is 19.1 Å². The number of aromatic nitrogens is 4. The summed E-state index contributed by atoms with van der Waals surface area (Å²) in [5.41, 5.74) is 0.863. The molecular formula is C18H19N5O4. The highest BCUT2D eigenvalue weighted by atomic mass is 16.5. The van der Waals surface area contributed by atoms with Crippen LogP contribution in [0.4, 0.5) is 11.6 Å². The van der Waals surface area contributed by atoms with E-state index in [-0.39, 0.29) is 17.9 Å². The third-order valence-electron chi connectivity index (χ3n) is 4.69.